The summed E-state index contributed by atoms with van der Waals surface area (Å²) in [5.74, 6) is 0.485. The molecule has 0 aliphatic carbocycles. The highest BCUT2D eigenvalue weighted by atomic mass is 35.5. The van der Waals surface area contributed by atoms with Crippen molar-refractivity contribution in [2.45, 2.75) is 32.9 Å². The van der Waals surface area contributed by atoms with E-state index >= 15 is 0 Å². The summed E-state index contributed by atoms with van der Waals surface area (Å²) in [5, 5.41) is 7.81. The van der Waals surface area contributed by atoms with Crippen molar-refractivity contribution in [3.05, 3.63) is 53.3 Å². The Morgan fingerprint density at radius 3 is 2.78 bits per heavy atom. The molecule has 3 heterocycles. The molecule has 9 heteroatoms. The van der Waals surface area contributed by atoms with E-state index in [9.17, 15) is 9.59 Å². The minimum absolute atomic E-state index is 0.111. The lowest BCUT2D eigenvalue weighted by atomic mass is 10.2. The molecular weight excluding hydrogens is 430 g/mol. The maximum absolute atomic E-state index is 12.9. The average Bonchev–Trinajstić information content (AvgIpc) is 3.39. The topological polar surface area (TPSA) is 88.5 Å². The van der Waals surface area contributed by atoms with Gasteiger partial charge >= 0.3 is 6.09 Å². The van der Waals surface area contributed by atoms with Crippen LogP contribution in [0, 0.1) is 0 Å². The van der Waals surface area contributed by atoms with Gasteiger partial charge in [0.25, 0.3) is 5.91 Å². The van der Waals surface area contributed by atoms with Crippen molar-refractivity contribution in [3.63, 3.8) is 0 Å². The summed E-state index contributed by atoms with van der Waals surface area (Å²) in [6.45, 7) is 6.06. The first kappa shape index (κ1) is 22.0. The molecule has 8 nitrogen and oxygen atoms in total. The lowest BCUT2D eigenvalue weighted by molar-refractivity contribution is 0.101. The zero-order chi connectivity index (χ0) is 22.7. The van der Waals surface area contributed by atoms with Gasteiger partial charge in [0.15, 0.2) is 0 Å². The molecule has 1 aliphatic heterocycles. The second-order valence-electron chi connectivity index (χ2n) is 7.64. The Labute approximate surface area is 191 Å². The van der Waals surface area contributed by atoms with Gasteiger partial charge in [-0.1, -0.05) is 11.6 Å². The van der Waals surface area contributed by atoms with Crippen LogP contribution >= 0.6 is 11.6 Å². The SMILES string of the molecule is CCOC(=O)N1CC[C@H](Nc2ccc(NC(=O)c3cc4cc(Cl)ccc4n3CC)cn2)C1. The van der Waals surface area contributed by atoms with E-state index in [1.165, 1.54) is 0 Å². The quantitative estimate of drug-likeness (QED) is 0.566. The molecule has 2 aromatic heterocycles. The molecule has 0 saturated carbocycles. The van der Waals surface area contributed by atoms with Crippen LogP contribution in [0.4, 0.5) is 16.3 Å². The van der Waals surface area contributed by atoms with Crippen LogP contribution in [0.2, 0.25) is 5.02 Å². The highest BCUT2D eigenvalue weighted by molar-refractivity contribution is 6.31. The molecule has 4 rings (SSSR count). The van der Waals surface area contributed by atoms with E-state index in [1.54, 1.807) is 24.1 Å². The molecule has 1 atom stereocenters. The van der Waals surface area contributed by atoms with Crippen LogP contribution in [0.5, 0.6) is 0 Å². The van der Waals surface area contributed by atoms with Crippen molar-refractivity contribution in [3.8, 4) is 0 Å². The second kappa shape index (κ2) is 9.48. The van der Waals surface area contributed by atoms with Crippen LogP contribution in [0.25, 0.3) is 10.9 Å². The van der Waals surface area contributed by atoms with Crippen molar-refractivity contribution < 1.29 is 14.3 Å². The summed E-state index contributed by atoms with van der Waals surface area (Å²) in [6.07, 6.45) is 2.16. The second-order valence-corrected chi connectivity index (χ2v) is 8.07. The zero-order valence-electron chi connectivity index (χ0n) is 18.1. The highest BCUT2D eigenvalue weighted by Crippen LogP contribution is 2.24. The summed E-state index contributed by atoms with van der Waals surface area (Å²) in [5.41, 5.74) is 2.14. The van der Waals surface area contributed by atoms with Gasteiger partial charge in [0.2, 0.25) is 0 Å². The van der Waals surface area contributed by atoms with Crippen LogP contribution in [0.3, 0.4) is 0 Å². The number of benzene rings is 1. The number of hydrogen-bond donors (Lipinski definition) is 2. The normalized spacial score (nSPS) is 15.7. The smallest absolute Gasteiger partial charge is 0.409 e. The number of likely N-dealkylation sites (tertiary alicyclic amines) is 1. The lowest BCUT2D eigenvalue weighted by Crippen LogP contribution is -2.32. The van der Waals surface area contributed by atoms with Crippen molar-refractivity contribution >= 4 is 46.0 Å². The number of hydrogen-bond acceptors (Lipinski definition) is 5. The molecule has 0 unspecified atom stereocenters. The molecule has 1 fully saturated rings. The predicted molar refractivity (Wildman–Crippen MR) is 125 cm³/mol. The minimum Gasteiger partial charge on any atom is -0.450 e. The summed E-state index contributed by atoms with van der Waals surface area (Å²) >= 11 is 6.10. The van der Waals surface area contributed by atoms with Gasteiger partial charge in [-0.15, -0.1) is 0 Å². The highest BCUT2D eigenvalue weighted by Gasteiger charge is 2.27. The third-order valence-electron chi connectivity index (χ3n) is 5.50. The standard InChI is InChI=1S/C23H26ClN5O3/c1-3-29-19-7-5-16(24)11-15(19)12-20(29)22(30)27-17-6-8-21(25-13-17)26-18-9-10-28(14-18)23(31)32-4-2/h5-8,11-13,18H,3-4,9-10,14H2,1-2H3,(H,25,26)(H,27,30)/t18-/m0/s1. The summed E-state index contributed by atoms with van der Waals surface area (Å²) in [6, 6.07) is 11.2. The molecule has 3 aromatic rings. The number of fused-ring (bicyclic) bond motifs is 1. The van der Waals surface area contributed by atoms with E-state index in [2.05, 4.69) is 15.6 Å². The van der Waals surface area contributed by atoms with Crippen molar-refractivity contribution in [1.29, 1.82) is 0 Å². The first-order valence-corrected chi connectivity index (χ1v) is 11.1. The number of anilines is 2. The fraction of sp³-hybridized carbons (Fsp3) is 0.348. The number of carbonyl (C=O) groups is 2. The van der Waals surface area contributed by atoms with Gasteiger partial charge in [-0.05, 0) is 56.7 Å². The van der Waals surface area contributed by atoms with Gasteiger partial charge in [-0.25, -0.2) is 9.78 Å². The van der Waals surface area contributed by atoms with Crippen LogP contribution in [0.15, 0.2) is 42.6 Å². The maximum Gasteiger partial charge on any atom is 0.409 e. The van der Waals surface area contributed by atoms with Gasteiger partial charge in [0.05, 0.1) is 18.5 Å². The van der Waals surface area contributed by atoms with E-state index in [0.29, 0.717) is 48.5 Å². The van der Waals surface area contributed by atoms with E-state index < -0.39 is 0 Å². The van der Waals surface area contributed by atoms with Gasteiger partial charge in [0, 0.05) is 41.6 Å². The number of rotatable bonds is 6. The van der Waals surface area contributed by atoms with E-state index in [-0.39, 0.29) is 18.0 Å². The zero-order valence-corrected chi connectivity index (χ0v) is 18.9. The van der Waals surface area contributed by atoms with Crippen LogP contribution in [-0.4, -0.2) is 52.2 Å². The molecule has 2 N–H and O–H groups in total. The minimum atomic E-state index is -0.283. The Balaban J connectivity index is 1.39. The van der Waals surface area contributed by atoms with Crippen LogP contribution < -0.4 is 10.6 Å². The predicted octanol–water partition coefficient (Wildman–Crippen LogP) is 4.60. The molecule has 2 amide bonds. The number of nitrogens with zero attached hydrogens (tertiary/aromatic N) is 3. The number of aryl methyl sites for hydroxylation is 1. The van der Waals surface area contributed by atoms with E-state index in [0.717, 1.165) is 17.3 Å². The maximum atomic E-state index is 12.9. The first-order chi connectivity index (χ1) is 15.5. The number of carbonyl (C=O) groups excluding carboxylic acids is 2. The largest absolute Gasteiger partial charge is 0.450 e. The van der Waals surface area contributed by atoms with Crippen LogP contribution in [0.1, 0.15) is 30.8 Å². The lowest BCUT2D eigenvalue weighted by Gasteiger charge is -2.16. The van der Waals surface area contributed by atoms with Crippen molar-refractivity contribution in [2.75, 3.05) is 30.3 Å². The Morgan fingerprint density at radius 2 is 2.06 bits per heavy atom. The molecule has 1 aromatic carbocycles. The van der Waals surface area contributed by atoms with Gasteiger partial charge < -0.3 is 24.8 Å². The molecule has 1 aliphatic rings. The molecule has 1 saturated heterocycles. The van der Waals surface area contributed by atoms with Gasteiger partial charge in [-0.2, -0.15) is 0 Å². The Hall–Kier alpha value is -3.26. The third-order valence-corrected chi connectivity index (χ3v) is 5.73. The van der Waals surface area contributed by atoms with Crippen molar-refractivity contribution in [1.82, 2.24) is 14.5 Å². The summed E-state index contributed by atoms with van der Waals surface area (Å²) < 4.78 is 7.01. The van der Waals surface area contributed by atoms with Gasteiger partial charge in [-0.3, -0.25) is 4.79 Å². The Kier molecular flexibility index (Phi) is 6.50. The molecule has 32 heavy (non-hydrogen) atoms. The fourth-order valence-corrected chi connectivity index (χ4v) is 4.17. The van der Waals surface area contributed by atoms with Crippen LogP contribution in [-0.2, 0) is 11.3 Å². The van der Waals surface area contributed by atoms with E-state index in [4.69, 9.17) is 16.3 Å². The van der Waals surface area contributed by atoms with E-state index in [1.807, 2.05) is 41.8 Å². The number of halogens is 1. The number of aromatic nitrogens is 2. The number of ether oxygens (including phenoxy) is 1. The van der Waals surface area contributed by atoms with Crippen molar-refractivity contribution in [2.24, 2.45) is 0 Å². The third kappa shape index (κ3) is 4.65. The first-order valence-electron chi connectivity index (χ1n) is 10.7. The number of amides is 2. The monoisotopic (exact) mass is 455 g/mol. The fourth-order valence-electron chi connectivity index (χ4n) is 3.99. The molecular formula is C23H26ClN5O3. The Bertz CT molecular complexity index is 1130. The Morgan fingerprint density at radius 1 is 1.22 bits per heavy atom. The molecule has 168 valence electrons. The van der Waals surface area contributed by atoms with Gasteiger partial charge in [0.1, 0.15) is 11.5 Å². The number of pyridine rings is 1. The number of nitrogens with one attached hydrogen (secondary N) is 2. The summed E-state index contributed by atoms with van der Waals surface area (Å²) in [7, 11) is 0. The molecule has 0 bridgehead atoms. The molecule has 0 spiro atoms. The summed E-state index contributed by atoms with van der Waals surface area (Å²) in [4.78, 5) is 30.8. The average molecular weight is 456 g/mol. The molecule has 0 radical (unpaired) electrons.